The predicted molar refractivity (Wildman–Crippen MR) is 57.6 cm³/mol. The molecule has 0 aliphatic heterocycles. The molecule has 0 atom stereocenters. The molecule has 0 aliphatic carbocycles. The lowest BCUT2D eigenvalue weighted by atomic mass is 10.3. The first-order valence-electron chi connectivity index (χ1n) is 4.86. The molecule has 0 bridgehead atoms. The van der Waals surface area contributed by atoms with Crippen LogP contribution >= 0.6 is 0 Å². The second kappa shape index (κ2) is 4.94. The molecule has 2 rings (SSSR count). The van der Waals surface area contributed by atoms with Crippen LogP contribution in [-0.2, 0) is 0 Å². The Labute approximate surface area is 100 Å². The smallest absolute Gasteiger partial charge is 0.200 e. The zero-order chi connectivity index (χ0) is 10.8. The van der Waals surface area contributed by atoms with Crippen molar-refractivity contribution in [3.63, 3.8) is 0 Å². The fraction of sp³-hybridized carbons (Fsp3) is 0.167. The van der Waals surface area contributed by atoms with Crippen LogP contribution in [0.15, 0.2) is 47.5 Å². The van der Waals surface area contributed by atoms with Crippen LogP contribution in [0.1, 0.15) is 11.4 Å². The van der Waals surface area contributed by atoms with E-state index in [2.05, 4.69) is 0 Å². The number of hydrogen-bond acceptors (Lipinski definition) is 1. The third-order valence-electron chi connectivity index (χ3n) is 2.30. The molecule has 0 radical (unpaired) electrons. The third kappa shape index (κ3) is 2.31. The zero-order valence-corrected chi connectivity index (χ0v) is 9.98. The Morgan fingerprint density at radius 1 is 1.00 bits per heavy atom. The zero-order valence-electron chi connectivity index (χ0n) is 9.22. The number of aromatic nitrogens is 2. The molecule has 2 heterocycles. The van der Waals surface area contributed by atoms with Gasteiger partial charge in [0.25, 0.3) is 0 Å². The summed E-state index contributed by atoms with van der Waals surface area (Å²) in [6.07, 6.45) is 3.90. The number of hydrogen-bond donors (Lipinski definition) is 0. The fourth-order valence-electron chi connectivity index (χ4n) is 1.74. The SMILES string of the molecule is Cc1cc(=O)cc(C)n1-[n+]1ccccc1.[Cl-]. The standard InChI is InChI=1S/C12H13N2O.ClH/c1-10-8-12(15)9-11(2)14(10)13-6-4-3-5-7-13;/h3-9H,1-2H3;1H/q+1;/p-1. The van der Waals surface area contributed by atoms with Crippen LogP contribution in [0.2, 0.25) is 0 Å². The van der Waals surface area contributed by atoms with Crippen LogP contribution < -0.4 is 22.5 Å². The van der Waals surface area contributed by atoms with E-state index in [-0.39, 0.29) is 17.8 Å². The lowest BCUT2D eigenvalue weighted by Gasteiger charge is -2.06. The predicted octanol–water partition coefficient (Wildman–Crippen LogP) is -1.93. The first-order chi connectivity index (χ1) is 7.18. The van der Waals surface area contributed by atoms with E-state index in [0.29, 0.717) is 0 Å². The maximum atomic E-state index is 11.3. The lowest BCUT2D eigenvalue weighted by molar-refractivity contribution is -0.729. The molecule has 0 spiro atoms. The van der Waals surface area contributed by atoms with Crippen molar-refractivity contribution in [2.24, 2.45) is 0 Å². The summed E-state index contributed by atoms with van der Waals surface area (Å²) in [5.41, 5.74) is 1.91. The largest absolute Gasteiger partial charge is 1.00 e. The molecular weight excluding hydrogens is 224 g/mol. The summed E-state index contributed by atoms with van der Waals surface area (Å²) in [6.45, 7) is 3.85. The Hall–Kier alpha value is -1.61. The number of rotatable bonds is 1. The highest BCUT2D eigenvalue weighted by Crippen LogP contribution is 1.96. The van der Waals surface area contributed by atoms with E-state index in [1.165, 1.54) is 0 Å². The summed E-state index contributed by atoms with van der Waals surface area (Å²) in [6, 6.07) is 9.14. The molecule has 0 saturated carbocycles. The van der Waals surface area contributed by atoms with Gasteiger partial charge in [0.15, 0.2) is 17.8 Å². The Balaban J connectivity index is 0.00000128. The summed E-state index contributed by atoms with van der Waals surface area (Å²) >= 11 is 0. The van der Waals surface area contributed by atoms with Gasteiger partial charge in [-0.1, -0.05) is 10.7 Å². The van der Waals surface area contributed by atoms with Gasteiger partial charge in [-0.15, -0.1) is 4.68 Å². The van der Waals surface area contributed by atoms with E-state index in [4.69, 9.17) is 0 Å². The number of halogens is 1. The van der Waals surface area contributed by atoms with Crippen LogP contribution in [0.3, 0.4) is 0 Å². The Morgan fingerprint density at radius 3 is 2.00 bits per heavy atom. The van der Waals surface area contributed by atoms with E-state index in [0.717, 1.165) is 11.4 Å². The van der Waals surface area contributed by atoms with E-state index in [9.17, 15) is 4.79 Å². The quantitative estimate of drug-likeness (QED) is 0.530. The van der Waals surface area contributed by atoms with Gasteiger partial charge in [0.2, 0.25) is 0 Å². The Morgan fingerprint density at radius 2 is 1.50 bits per heavy atom. The van der Waals surface area contributed by atoms with E-state index >= 15 is 0 Å². The average Bonchev–Trinajstić information content (AvgIpc) is 2.17. The van der Waals surface area contributed by atoms with Crippen molar-refractivity contribution in [2.75, 3.05) is 0 Å². The molecule has 0 fully saturated rings. The molecule has 0 aliphatic rings. The molecule has 2 aromatic heterocycles. The minimum atomic E-state index is 0. The molecule has 3 nitrogen and oxygen atoms in total. The molecule has 4 heteroatoms. The first kappa shape index (κ1) is 12.5. The molecule has 0 N–H and O–H groups in total. The van der Waals surface area contributed by atoms with Gasteiger partial charge in [-0.25, -0.2) is 0 Å². The van der Waals surface area contributed by atoms with Gasteiger partial charge in [0.05, 0.1) is 11.4 Å². The van der Waals surface area contributed by atoms with Crippen molar-refractivity contribution in [3.8, 4) is 0 Å². The van der Waals surface area contributed by atoms with Gasteiger partial charge in [-0.05, 0) is 13.8 Å². The molecule has 0 unspecified atom stereocenters. The van der Waals surface area contributed by atoms with Crippen molar-refractivity contribution in [1.82, 2.24) is 4.68 Å². The van der Waals surface area contributed by atoms with Gasteiger partial charge in [0.1, 0.15) is 0 Å². The highest BCUT2D eigenvalue weighted by atomic mass is 35.5. The molecular formula is C12H13ClN2O. The van der Waals surface area contributed by atoms with Crippen molar-refractivity contribution in [3.05, 3.63) is 64.3 Å². The number of aryl methyl sites for hydroxylation is 2. The second-order valence-electron chi connectivity index (χ2n) is 3.54. The fourth-order valence-corrected chi connectivity index (χ4v) is 1.74. The maximum Gasteiger partial charge on any atom is 0.200 e. The Bertz CT molecular complexity index is 508. The molecule has 84 valence electrons. The number of nitrogens with zero attached hydrogens (tertiary/aromatic N) is 2. The van der Waals surface area contributed by atoms with Crippen molar-refractivity contribution >= 4 is 0 Å². The summed E-state index contributed by atoms with van der Waals surface area (Å²) < 4.78 is 3.94. The van der Waals surface area contributed by atoms with E-state index in [1.807, 2.05) is 53.8 Å². The lowest BCUT2D eigenvalue weighted by Crippen LogP contribution is -3.00. The average molecular weight is 237 g/mol. The van der Waals surface area contributed by atoms with Crippen LogP contribution in [0.5, 0.6) is 0 Å². The van der Waals surface area contributed by atoms with Crippen LogP contribution in [0.25, 0.3) is 0 Å². The molecule has 16 heavy (non-hydrogen) atoms. The molecule has 0 saturated heterocycles. The van der Waals surface area contributed by atoms with Crippen LogP contribution in [-0.4, -0.2) is 4.68 Å². The van der Waals surface area contributed by atoms with Gasteiger partial charge < -0.3 is 12.4 Å². The monoisotopic (exact) mass is 236 g/mol. The third-order valence-corrected chi connectivity index (χ3v) is 2.30. The normalized spacial score (nSPS) is 9.62. The highest BCUT2D eigenvalue weighted by molar-refractivity contribution is 5.10. The van der Waals surface area contributed by atoms with Crippen LogP contribution in [0.4, 0.5) is 0 Å². The molecule has 0 aromatic carbocycles. The minimum absolute atomic E-state index is 0. The highest BCUT2D eigenvalue weighted by Gasteiger charge is 2.08. The van der Waals surface area contributed by atoms with Crippen molar-refractivity contribution < 1.29 is 17.1 Å². The molecule has 0 amide bonds. The van der Waals surface area contributed by atoms with Gasteiger partial charge in [-0.2, -0.15) is 0 Å². The second-order valence-corrected chi connectivity index (χ2v) is 3.54. The van der Waals surface area contributed by atoms with E-state index < -0.39 is 0 Å². The maximum absolute atomic E-state index is 11.3. The number of pyridine rings is 2. The van der Waals surface area contributed by atoms with Gasteiger partial charge in [-0.3, -0.25) is 4.79 Å². The topological polar surface area (TPSA) is 25.9 Å². The summed E-state index contributed by atoms with van der Waals surface area (Å²) in [5, 5.41) is 0. The minimum Gasteiger partial charge on any atom is -1.00 e. The van der Waals surface area contributed by atoms with Gasteiger partial charge >= 0.3 is 0 Å². The van der Waals surface area contributed by atoms with Crippen LogP contribution in [0, 0.1) is 13.8 Å². The van der Waals surface area contributed by atoms with E-state index in [1.54, 1.807) is 12.1 Å². The van der Waals surface area contributed by atoms with Gasteiger partial charge in [0, 0.05) is 24.3 Å². The Kier molecular flexibility index (Phi) is 3.85. The summed E-state index contributed by atoms with van der Waals surface area (Å²) in [4.78, 5) is 11.3. The first-order valence-corrected chi connectivity index (χ1v) is 4.86. The molecule has 2 aromatic rings. The summed E-state index contributed by atoms with van der Waals surface area (Å²) in [7, 11) is 0. The summed E-state index contributed by atoms with van der Waals surface area (Å²) in [5.74, 6) is 0. The van der Waals surface area contributed by atoms with Crippen molar-refractivity contribution in [1.29, 1.82) is 0 Å². The van der Waals surface area contributed by atoms with Crippen molar-refractivity contribution in [2.45, 2.75) is 13.8 Å².